The topological polar surface area (TPSA) is 116 Å². The Morgan fingerprint density at radius 3 is 2.72 bits per heavy atom. The van der Waals surface area contributed by atoms with E-state index in [4.69, 9.17) is 4.74 Å². The van der Waals surface area contributed by atoms with Gasteiger partial charge in [-0.25, -0.2) is 4.79 Å². The molecule has 0 aromatic carbocycles. The van der Waals surface area contributed by atoms with Gasteiger partial charge in [0.05, 0.1) is 0 Å². The summed E-state index contributed by atoms with van der Waals surface area (Å²) in [5.41, 5.74) is 0.344. The Morgan fingerprint density at radius 2 is 2.08 bits per heavy atom. The van der Waals surface area contributed by atoms with Crippen molar-refractivity contribution in [2.45, 2.75) is 35.9 Å². The van der Waals surface area contributed by atoms with Crippen molar-refractivity contribution in [1.29, 1.82) is 0 Å². The molecule has 25 heavy (non-hydrogen) atoms. The summed E-state index contributed by atoms with van der Waals surface area (Å²) in [5.74, 6) is -1.39. The summed E-state index contributed by atoms with van der Waals surface area (Å²) in [6, 6.07) is -0.724. The molecule has 3 amide bonds. The predicted octanol–water partition coefficient (Wildman–Crippen LogP) is -0.0243. The molecule has 0 aromatic rings. The van der Waals surface area contributed by atoms with Crippen molar-refractivity contribution >= 4 is 36.1 Å². The van der Waals surface area contributed by atoms with Gasteiger partial charge in [0.15, 0.2) is 0 Å². The molecule has 2 fully saturated rings. The highest BCUT2D eigenvalue weighted by Gasteiger charge is 2.52. The van der Waals surface area contributed by atoms with E-state index in [0.717, 1.165) is 31.0 Å². The Balaban J connectivity index is 1.65. The van der Waals surface area contributed by atoms with Gasteiger partial charge < -0.3 is 25.0 Å². The van der Waals surface area contributed by atoms with Crippen LogP contribution in [0.3, 0.4) is 0 Å². The van der Waals surface area contributed by atoms with Gasteiger partial charge in [-0.1, -0.05) is 0 Å². The number of piperidine rings is 1. The van der Waals surface area contributed by atoms with Gasteiger partial charge in [-0.3, -0.25) is 14.4 Å². The number of nitrogens with zero attached hydrogens (tertiary/aromatic N) is 2. The molecule has 0 radical (unpaired) electrons. The molecule has 0 aliphatic carbocycles. The van der Waals surface area contributed by atoms with Crippen molar-refractivity contribution in [1.82, 2.24) is 15.1 Å². The number of hydrogen-bond acceptors (Lipinski definition) is 6. The van der Waals surface area contributed by atoms with Crippen LogP contribution in [0, 0.1) is 0 Å². The lowest BCUT2D eigenvalue weighted by Gasteiger charge is -2.48. The molecule has 9 nitrogen and oxygen atoms in total. The standard InChI is InChI=1S/C15H19N3O6S/c19-8-16-10-12(20)18-6-9(11(14(21)22)25-13(10)18)7-24-15(23)17-4-2-1-3-5-17/h6,8,10-11,13H,1-5,7H2,(H,16,19)(H,21,22)/t10?,11?,13-/m1/s1. The average molecular weight is 369 g/mol. The number of ether oxygens (including phenoxy) is 1. The molecule has 10 heteroatoms. The summed E-state index contributed by atoms with van der Waals surface area (Å²) in [7, 11) is 0. The number of hydrogen-bond donors (Lipinski definition) is 2. The van der Waals surface area contributed by atoms with Gasteiger partial charge in [0.1, 0.15) is 23.3 Å². The van der Waals surface area contributed by atoms with E-state index in [0.29, 0.717) is 25.1 Å². The number of fused-ring (bicyclic) bond motifs is 1. The van der Waals surface area contributed by atoms with Crippen LogP contribution < -0.4 is 5.32 Å². The average Bonchev–Trinajstić information content (AvgIpc) is 2.63. The number of carbonyl (C=O) groups is 4. The molecule has 2 saturated heterocycles. The maximum absolute atomic E-state index is 12.1. The van der Waals surface area contributed by atoms with E-state index in [1.165, 1.54) is 11.1 Å². The first-order valence-electron chi connectivity index (χ1n) is 8.05. The fraction of sp³-hybridized carbons (Fsp3) is 0.600. The molecule has 0 saturated carbocycles. The highest BCUT2D eigenvalue weighted by atomic mass is 32.2. The number of carboxylic acids is 1. The van der Waals surface area contributed by atoms with Crippen molar-refractivity contribution in [2.75, 3.05) is 19.7 Å². The van der Waals surface area contributed by atoms with E-state index >= 15 is 0 Å². The van der Waals surface area contributed by atoms with Crippen LogP contribution in [-0.4, -0.2) is 75.6 Å². The maximum atomic E-state index is 12.1. The van der Waals surface area contributed by atoms with Crippen LogP contribution in [0.4, 0.5) is 4.79 Å². The van der Waals surface area contributed by atoms with Gasteiger partial charge in [0.25, 0.3) is 5.91 Å². The number of nitrogens with one attached hydrogen (secondary N) is 1. The summed E-state index contributed by atoms with van der Waals surface area (Å²) < 4.78 is 5.25. The van der Waals surface area contributed by atoms with E-state index in [9.17, 15) is 24.3 Å². The van der Waals surface area contributed by atoms with E-state index in [2.05, 4.69) is 5.32 Å². The van der Waals surface area contributed by atoms with E-state index < -0.39 is 28.7 Å². The highest BCUT2D eigenvalue weighted by molar-refractivity contribution is 8.01. The molecule has 136 valence electrons. The number of rotatable bonds is 5. The molecule has 3 aliphatic rings. The van der Waals surface area contributed by atoms with Crippen LogP contribution >= 0.6 is 11.8 Å². The summed E-state index contributed by atoms with van der Waals surface area (Å²) in [5, 5.41) is 10.4. The van der Waals surface area contributed by atoms with Crippen molar-refractivity contribution in [3.63, 3.8) is 0 Å². The smallest absolute Gasteiger partial charge is 0.410 e. The molecule has 0 spiro atoms. The molecular weight excluding hydrogens is 350 g/mol. The molecule has 0 bridgehead atoms. The lowest BCUT2D eigenvalue weighted by Crippen LogP contribution is -2.68. The second-order valence-corrected chi connectivity index (χ2v) is 7.29. The normalized spacial score (nSPS) is 28.4. The van der Waals surface area contributed by atoms with Crippen molar-refractivity contribution in [2.24, 2.45) is 0 Å². The minimum Gasteiger partial charge on any atom is -0.480 e. The third-order valence-corrected chi connectivity index (χ3v) is 6.00. The van der Waals surface area contributed by atoms with Crippen LogP contribution in [0.25, 0.3) is 0 Å². The van der Waals surface area contributed by atoms with Gasteiger partial charge in [-0.05, 0) is 19.3 Å². The largest absolute Gasteiger partial charge is 0.480 e. The minimum absolute atomic E-state index is 0.179. The molecule has 3 aliphatic heterocycles. The molecule has 3 atom stereocenters. The zero-order chi connectivity index (χ0) is 18.0. The van der Waals surface area contributed by atoms with Crippen LogP contribution in [0.5, 0.6) is 0 Å². The van der Waals surface area contributed by atoms with Gasteiger partial charge in [-0.2, -0.15) is 0 Å². The number of likely N-dealkylation sites (tertiary alicyclic amines) is 1. The van der Waals surface area contributed by atoms with Gasteiger partial charge in [0, 0.05) is 24.9 Å². The second-order valence-electron chi connectivity index (χ2n) is 6.06. The highest BCUT2D eigenvalue weighted by Crippen LogP contribution is 2.40. The van der Waals surface area contributed by atoms with Gasteiger partial charge in [0.2, 0.25) is 6.41 Å². The van der Waals surface area contributed by atoms with Gasteiger partial charge >= 0.3 is 12.1 Å². The molecule has 3 rings (SSSR count). The zero-order valence-corrected chi connectivity index (χ0v) is 14.2. The first-order valence-corrected chi connectivity index (χ1v) is 8.99. The monoisotopic (exact) mass is 369 g/mol. The van der Waals surface area contributed by atoms with E-state index in [1.54, 1.807) is 4.90 Å². The summed E-state index contributed by atoms with van der Waals surface area (Å²) >= 11 is 1.05. The number of β-lactam (4-membered cyclic amide) rings is 1. The molecule has 3 heterocycles. The number of carboxylic acid groups (broad SMARTS) is 1. The molecule has 2 N–H and O–H groups in total. The second kappa shape index (κ2) is 7.34. The third-order valence-electron chi connectivity index (χ3n) is 4.45. The minimum atomic E-state index is -1.07. The lowest BCUT2D eigenvalue weighted by atomic mass is 10.1. The quantitative estimate of drug-likeness (QED) is 0.516. The fourth-order valence-electron chi connectivity index (χ4n) is 3.11. The summed E-state index contributed by atoms with van der Waals surface area (Å²) in [4.78, 5) is 49.1. The Bertz CT molecular complexity index is 618. The van der Waals surface area contributed by atoms with Crippen molar-refractivity contribution < 1.29 is 29.0 Å². The van der Waals surface area contributed by atoms with Crippen molar-refractivity contribution in [3.05, 3.63) is 11.8 Å². The Kier molecular flexibility index (Phi) is 5.16. The van der Waals surface area contributed by atoms with E-state index in [-0.39, 0.29) is 12.5 Å². The predicted molar refractivity (Wildman–Crippen MR) is 87.5 cm³/mol. The third kappa shape index (κ3) is 3.44. The molecular formula is C15H19N3O6S. The molecule has 0 aromatic heterocycles. The Morgan fingerprint density at radius 1 is 1.36 bits per heavy atom. The van der Waals surface area contributed by atoms with Crippen LogP contribution in [0.2, 0.25) is 0 Å². The van der Waals surface area contributed by atoms with Crippen LogP contribution in [0.15, 0.2) is 11.8 Å². The van der Waals surface area contributed by atoms with Gasteiger partial charge in [-0.15, -0.1) is 11.8 Å². The number of carbonyl (C=O) groups excluding carboxylic acids is 3. The van der Waals surface area contributed by atoms with Crippen LogP contribution in [0.1, 0.15) is 19.3 Å². The lowest BCUT2D eigenvalue weighted by molar-refractivity contribution is -0.144. The maximum Gasteiger partial charge on any atom is 0.410 e. The molecule has 2 unspecified atom stereocenters. The first kappa shape index (κ1) is 17.6. The number of amides is 3. The Labute approximate surface area is 148 Å². The number of thioether (sulfide) groups is 1. The summed E-state index contributed by atoms with van der Waals surface area (Å²) in [6.07, 6.45) is 4.33. The van der Waals surface area contributed by atoms with E-state index in [1.807, 2.05) is 0 Å². The van der Waals surface area contributed by atoms with Crippen LogP contribution in [-0.2, 0) is 19.1 Å². The number of aliphatic carboxylic acids is 1. The Hall–Kier alpha value is -2.23. The zero-order valence-electron chi connectivity index (χ0n) is 13.4. The SMILES string of the molecule is O=CNC1C(=O)N2C=C(COC(=O)N3CCCCC3)C(C(=O)O)S[C@H]12. The first-order chi connectivity index (χ1) is 12.0. The van der Waals surface area contributed by atoms with Crippen molar-refractivity contribution in [3.8, 4) is 0 Å². The fourth-order valence-corrected chi connectivity index (χ4v) is 4.46. The summed E-state index contributed by atoms with van der Waals surface area (Å²) in [6.45, 7) is 1.10.